The molecular formula is C20H27N3O2. The molecule has 25 heavy (non-hydrogen) atoms. The van der Waals surface area contributed by atoms with E-state index >= 15 is 0 Å². The molecule has 1 aromatic heterocycles. The van der Waals surface area contributed by atoms with Crippen LogP contribution < -0.4 is 10.1 Å². The molecule has 134 valence electrons. The standard InChI is InChI=1S/C20H27N3O2/c1-2-21-20(22-13-10-17-9-6-16-24-17)23-14-11-19(12-15-23)25-18-7-4-3-5-8-18/h3-9,16,19H,2,10-15H2,1H3,(H,21,22). The Hall–Kier alpha value is -2.43. The second kappa shape index (κ2) is 9.16. The molecule has 1 aromatic carbocycles. The molecule has 0 spiro atoms. The zero-order valence-corrected chi connectivity index (χ0v) is 14.9. The lowest BCUT2D eigenvalue weighted by atomic mass is 10.1. The number of furan rings is 1. The topological polar surface area (TPSA) is 50.0 Å². The van der Waals surface area contributed by atoms with E-state index in [2.05, 4.69) is 17.1 Å². The molecule has 3 rings (SSSR count). The fraction of sp³-hybridized carbons (Fsp3) is 0.450. The molecule has 0 bridgehead atoms. The van der Waals surface area contributed by atoms with Crippen molar-refractivity contribution in [3.05, 3.63) is 54.5 Å². The summed E-state index contributed by atoms with van der Waals surface area (Å²) in [6.07, 6.45) is 4.84. The Balaban J connectivity index is 1.49. The third-order valence-corrected chi connectivity index (χ3v) is 4.32. The maximum atomic E-state index is 6.07. The second-order valence-corrected chi connectivity index (χ2v) is 6.18. The van der Waals surface area contributed by atoms with E-state index in [1.165, 1.54) is 0 Å². The number of hydrogen-bond acceptors (Lipinski definition) is 3. The van der Waals surface area contributed by atoms with Crippen LogP contribution in [0.15, 0.2) is 58.1 Å². The maximum Gasteiger partial charge on any atom is 0.193 e. The van der Waals surface area contributed by atoms with Crippen LogP contribution in [-0.4, -0.2) is 43.1 Å². The Kier molecular flexibility index (Phi) is 6.37. The average Bonchev–Trinajstić information content (AvgIpc) is 3.16. The summed E-state index contributed by atoms with van der Waals surface area (Å²) in [6.45, 7) is 5.64. The first kappa shape index (κ1) is 17.4. The van der Waals surface area contributed by atoms with Crippen LogP contribution in [0.4, 0.5) is 0 Å². The van der Waals surface area contributed by atoms with E-state index in [4.69, 9.17) is 14.1 Å². The van der Waals surface area contributed by atoms with Crippen molar-refractivity contribution in [3.63, 3.8) is 0 Å². The zero-order chi connectivity index (χ0) is 17.3. The number of rotatable bonds is 6. The summed E-state index contributed by atoms with van der Waals surface area (Å²) in [5.74, 6) is 2.93. The summed E-state index contributed by atoms with van der Waals surface area (Å²) < 4.78 is 11.4. The largest absolute Gasteiger partial charge is 0.490 e. The monoisotopic (exact) mass is 341 g/mol. The molecule has 0 radical (unpaired) electrons. The van der Waals surface area contributed by atoms with Crippen LogP contribution in [0.3, 0.4) is 0 Å². The molecule has 1 aliphatic rings. The van der Waals surface area contributed by atoms with Crippen molar-refractivity contribution in [2.45, 2.75) is 32.3 Å². The van der Waals surface area contributed by atoms with Crippen LogP contribution in [0.1, 0.15) is 25.5 Å². The van der Waals surface area contributed by atoms with Crippen molar-refractivity contribution in [1.29, 1.82) is 0 Å². The van der Waals surface area contributed by atoms with Gasteiger partial charge in [0, 0.05) is 45.4 Å². The van der Waals surface area contributed by atoms with Crippen molar-refractivity contribution in [1.82, 2.24) is 10.2 Å². The molecule has 1 fully saturated rings. The number of nitrogens with one attached hydrogen (secondary N) is 1. The highest BCUT2D eigenvalue weighted by atomic mass is 16.5. The quantitative estimate of drug-likeness (QED) is 0.647. The average molecular weight is 341 g/mol. The second-order valence-electron chi connectivity index (χ2n) is 6.18. The van der Waals surface area contributed by atoms with Gasteiger partial charge < -0.3 is 19.4 Å². The van der Waals surface area contributed by atoms with E-state index in [9.17, 15) is 0 Å². The Morgan fingerprint density at radius 1 is 1.20 bits per heavy atom. The molecule has 0 aliphatic carbocycles. The first-order valence-electron chi connectivity index (χ1n) is 9.12. The highest BCUT2D eigenvalue weighted by Gasteiger charge is 2.22. The Bertz CT molecular complexity index is 632. The van der Waals surface area contributed by atoms with E-state index in [1.807, 2.05) is 42.5 Å². The smallest absolute Gasteiger partial charge is 0.193 e. The van der Waals surface area contributed by atoms with Crippen LogP contribution >= 0.6 is 0 Å². The minimum atomic E-state index is 0.282. The van der Waals surface area contributed by atoms with Crippen molar-refractivity contribution in [3.8, 4) is 5.75 Å². The lowest BCUT2D eigenvalue weighted by Gasteiger charge is -2.34. The highest BCUT2D eigenvalue weighted by Crippen LogP contribution is 2.18. The van der Waals surface area contributed by atoms with Gasteiger partial charge in [0.2, 0.25) is 0 Å². The molecule has 1 saturated heterocycles. The van der Waals surface area contributed by atoms with E-state index < -0.39 is 0 Å². The fourth-order valence-electron chi connectivity index (χ4n) is 3.03. The highest BCUT2D eigenvalue weighted by molar-refractivity contribution is 5.80. The first-order chi connectivity index (χ1) is 12.3. The lowest BCUT2D eigenvalue weighted by molar-refractivity contribution is 0.129. The number of benzene rings is 1. The maximum absolute atomic E-state index is 6.07. The van der Waals surface area contributed by atoms with Gasteiger partial charge in [-0.25, -0.2) is 0 Å². The summed E-state index contributed by atoms with van der Waals surface area (Å²) in [7, 11) is 0. The van der Waals surface area contributed by atoms with Gasteiger partial charge in [-0.1, -0.05) is 18.2 Å². The van der Waals surface area contributed by atoms with Crippen LogP contribution in [-0.2, 0) is 6.42 Å². The molecule has 2 heterocycles. The summed E-state index contributed by atoms with van der Waals surface area (Å²) in [5.41, 5.74) is 0. The number of likely N-dealkylation sites (tertiary alicyclic amines) is 1. The van der Waals surface area contributed by atoms with Gasteiger partial charge in [0.25, 0.3) is 0 Å². The third kappa shape index (κ3) is 5.28. The number of nitrogens with zero attached hydrogens (tertiary/aromatic N) is 2. The van der Waals surface area contributed by atoms with E-state index in [1.54, 1.807) is 6.26 Å². The van der Waals surface area contributed by atoms with Crippen LogP contribution in [0, 0.1) is 0 Å². The van der Waals surface area contributed by atoms with E-state index in [0.29, 0.717) is 0 Å². The van der Waals surface area contributed by atoms with Gasteiger partial charge in [-0.15, -0.1) is 0 Å². The fourth-order valence-corrected chi connectivity index (χ4v) is 3.03. The van der Waals surface area contributed by atoms with Crippen molar-refractivity contribution in [2.24, 2.45) is 4.99 Å². The van der Waals surface area contributed by atoms with Gasteiger partial charge >= 0.3 is 0 Å². The number of aliphatic imine (C=N–C) groups is 1. The minimum Gasteiger partial charge on any atom is -0.490 e. The molecule has 5 heteroatoms. The van der Waals surface area contributed by atoms with Gasteiger partial charge in [-0.05, 0) is 31.2 Å². The van der Waals surface area contributed by atoms with Crippen molar-refractivity contribution in [2.75, 3.05) is 26.2 Å². The molecule has 0 unspecified atom stereocenters. The summed E-state index contributed by atoms with van der Waals surface area (Å²) in [5, 5.41) is 3.40. The molecule has 2 aromatic rings. The summed E-state index contributed by atoms with van der Waals surface area (Å²) in [4.78, 5) is 7.08. The van der Waals surface area contributed by atoms with E-state index in [0.717, 1.165) is 62.9 Å². The SMILES string of the molecule is CCNC(=NCCc1ccco1)N1CCC(Oc2ccccc2)CC1. The summed E-state index contributed by atoms with van der Waals surface area (Å²) >= 11 is 0. The number of hydrogen-bond donors (Lipinski definition) is 1. The van der Waals surface area contributed by atoms with Crippen LogP contribution in [0.2, 0.25) is 0 Å². The Labute approximate surface area is 149 Å². The van der Waals surface area contributed by atoms with Gasteiger partial charge in [-0.3, -0.25) is 4.99 Å². The molecule has 0 amide bonds. The molecule has 1 N–H and O–H groups in total. The molecule has 5 nitrogen and oxygen atoms in total. The van der Waals surface area contributed by atoms with Gasteiger partial charge in [0.05, 0.1) is 6.26 Å². The summed E-state index contributed by atoms with van der Waals surface area (Å²) in [6, 6.07) is 14.0. The normalized spacial score (nSPS) is 16.0. The number of para-hydroxylation sites is 1. The number of guanidine groups is 1. The number of piperidine rings is 1. The predicted molar refractivity (Wildman–Crippen MR) is 100 cm³/mol. The zero-order valence-electron chi connectivity index (χ0n) is 14.9. The van der Waals surface area contributed by atoms with Gasteiger partial charge in [0.15, 0.2) is 5.96 Å². The minimum absolute atomic E-state index is 0.282. The van der Waals surface area contributed by atoms with Crippen LogP contribution in [0.25, 0.3) is 0 Å². The Morgan fingerprint density at radius 2 is 2.00 bits per heavy atom. The molecular weight excluding hydrogens is 314 g/mol. The molecule has 0 saturated carbocycles. The van der Waals surface area contributed by atoms with Crippen molar-refractivity contribution >= 4 is 5.96 Å². The molecule has 1 aliphatic heterocycles. The third-order valence-electron chi connectivity index (χ3n) is 4.32. The Morgan fingerprint density at radius 3 is 2.68 bits per heavy atom. The predicted octanol–water partition coefficient (Wildman–Crippen LogP) is 3.33. The first-order valence-corrected chi connectivity index (χ1v) is 9.12. The lowest BCUT2D eigenvalue weighted by Crippen LogP contribution is -2.47. The molecule has 0 atom stereocenters. The van der Waals surface area contributed by atoms with E-state index in [-0.39, 0.29) is 6.10 Å². The van der Waals surface area contributed by atoms with Crippen LogP contribution in [0.5, 0.6) is 5.75 Å². The van der Waals surface area contributed by atoms with Gasteiger partial charge in [-0.2, -0.15) is 0 Å². The van der Waals surface area contributed by atoms with Crippen molar-refractivity contribution < 1.29 is 9.15 Å². The number of ether oxygens (including phenoxy) is 1. The van der Waals surface area contributed by atoms with Gasteiger partial charge in [0.1, 0.15) is 17.6 Å².